The van der Waals surface area contributed by atoms with Crippen LogP contribution in [0.4, 0.5) is 11.4 Å². The van der Waals surface area contributed by atoms with Gasteiger partial charge in [0.2, 0.25) is 0 Å². The maximum absolute atomic E-state index is 13.0. The molecule has 182 valence electrons. The molecule has 0 unspecified atom stereocenters. The first-order valence-electron chi connectivity index (χ1n) is 11.4. The zero-order valence-corrected chi connectivity index (χ0v) is 19.7. The highest BCUT2D eigenvalue weighted by Crippen LogP contribution is 2.41. The Morgan fingerprint density at radius 1 is 1.09 bits per heavy atom. The molecule has 1 aliphatic rings. The molecule has 1 aliphatic heterocycles. The van der Waals surface area contributed by atoms with E-state index in [0.29, 0.717) is 24.5 Å². The van der Waals surface area contributed by atoms with E-state index < -0.39 is 28.4 Å². The first-order chi connectivity index (χ1) is 16.3. The molecule has 1 atom stereocenters. The average molecular weight is 471 g/mol. The summed E-state index contributed by atoms with van der Waals surface area (Å²) in [5, 5.41) is 11.4. The monoisotopic (exact) mass is 470 g/mol. The lowest BCUT2D eigenvalue weighted by Gasteiger charge is -2.39. The Bertz CT molecular complexity index is 1010. The second-order valence-electron chi connectivity index (χ2n) is 8.10. The maximum atomic E-state index is 13.0. The maximum Gasteiger partial charge on any atom is 0.323 e. The number of fused-ring (bicyclic) bond motifs is 1. The third-order valence-corrected chi connectivity index (χ3v) is 5.94. The number of esters is 2. The van der Waals surface area contributed by atoms with Crippen molar-refractivity contribution < 1.29 is 28.7 Å². The molecule has 1 heterocycles. The second-order valence-corrected chi connectivity index (χ2v) is 8.10. The van der Waals surface area contributed by atoms with Gasteiger partial charge in [-0.25, -0.2) is 0 Å². The van der Waals surface area contributed by atoms with Crippen molar-refractivity contribution in [3.05, 3.63) is 64.2 Å². The summed E-state index contributed by atoms with van der Waals surface area (Å²) in [7, 11) is 0. The van der Waals surface area contributed by atoms with Crippen molar-refractivity contribution in [2.24, 2.45) is 5.41 Å². The Morgan fingerprint density at radius 2 is 1.74 bits per heavy atom. The summed E-state index contributed by atoms with van der Waals surface area (Å²) in [6, 6.07) is 14.1. The van der Waals surface area contributed by atoms with Crippen molar-refractivity contribution in [1.29, 1.82) is 0 Å². The minimum absolute atomic E-state index is 0.0418. The van der Waals surface area contributed by atoms with Gasteiger partial charge in [-0.1, -0.05) is 37.3 Å². The fourth-order valence-electron chi connectivity index (χ4n) is 4.20. The third-order valence-electron chi connectivity index (χ3n) is 5.94. The lowest BCUT2D eigenvalue weighted by atomic mass is 9.79. The van der Waals surface area contributed by atoms with E-state index in [1.807, 2.05) is 35.2 Å². The summed E-state index contributed by atoms with van der Waals surface area (Å²) >= 11 is 0. The molecule has 0 saturated carbocycles. The quantitative estimate of drug-likeness (QED) is 0.219. The minimum Gasteiger partial charge on any atom is -0.486 e. The highest BCUT2D eigenvalue weighted by atomic mass is 16.6. The van der Waals surface area contributed by atoms with Crippen LogP contribution in [-0.4, -0.2) is 42.7 Å². The molecule has 0 aliphatic carbocycles. The van der Waals surface area contributed by atoms with Gasteiger partial charge in [-0.3, -0.25) is 19.7 Å². The Morgan fingerprint density at radius 3 is 2.29 bits per heavy atom. The summed E-state index contributed by atoms with van der Waals surface area (Å²) in [5.74, 6) is -0.817. The highest BCUT2D eigenvalue weighted by molar-refractivity contribution is 6.00. The predicted octanol–water partition coefficient (Wildman–Crippen LogP) is 4.28. The SMILES string of the molecule is CCOC(=O)C(CC)(C[C@H]1CN(Cc2ccccc2)c2cc([N+](=O)[O-])ccc2O1)C(=O)OCC. The van der Waals surface area contributed by atoms with E-state index in [2.05, 4.69) is 0 Å². The van der Waals surface area contributed by atoms with Crippen LogP contribution in [-0.2, 0) is 25.6 Å². The number of benzene rings is 2. The summed E-state index contributed by atoms with van der Waals surface area (Å²) < 4.78 is 16.7. The molecule has 0 radical (unpaired) electrons. The smallest absolute Gasteiger partial charge is 0.323 e. The van der Waals surface area contributed by atoms with Crippen LogP contribution < -0.4 is 9.64 Å². The third kappa shape index (κ3) is 5.30. The summed E-state index contributed by atoms with van der Waals surface area (Å²) in [4.78, 5) is 38.8. The van der Waals surface area contributed by atoms with E-state index >= 15 is 0 Å². The molecular weight excluding hydrogens is 440 g/mol. The molecule has 0 saturated heterocycles. The van der Waals surface area contributed by atoms with Crippen molar-refractivity contribution in [3.63, 3.8) is 0 Å². The van der Waals surface area contributed by atoms with Gasteiger partial charge in [-0.15, -0.1) is 0 Å². The average Bonchev–Trinajstić information content (AvgIpc) is 2.83. The number of ether oxygens (including phenoxy) is 3. The van der Waals surface area contributed by atoms with Crippen molar-refractivity contribution in [2.75, 3.05) is 24.7 Å². The molecule has 0 N–H and O–H groups in total. The van der Waals surface area contributed by atoms with E-state index in [1.54, 1.807) is 26.8 Å². The van der Waals surface area contributed by atoms with E-state index in [9.17, 15) is 19.7 Å². The number of nitro groups is 1. The van der Waals surface area contributed by atoms with Crippen molar-refractivity contribution in [1.82, 2.24) is 0 Å². The molecule has 0 spiro atoms. The van der Waals surface area contributed by atoms with Gasteiger partial charge in [0.1, 0.15) is 11.9 Å². The molecule has 9 heteroatoms. The van der Waals surface area contributed by atoms with E-state index in [0.717, 1.165) is 5.56 Å². The van der Waals surface area contributed by atoms with Gasteiger partial charge in [0.15, 0.2) is 5.41 Å². The summed E-state index contributed by atoms with van der Waals surface area (Å²) in [6.07, 6.45) is -0.300. The first kappa shape index (κ1) is 25.0. The molecule has 2 aromatic carbocycles. The lowest BCUT2D eigenvalue weighted by Crippen LogP contribution is -2.49. The van der Waals surface area contributed by atoms with Crippen LogP contribution in [0.2, 0.25) is 0 Å². The van der Waals surface area contributed by atoms with Gasteiger partial charge >= 0.3 is 11.9 Å². The zero-order valence-electron chi connectivity index (χ0n) is 19.7. The van der Waals surface area contributed by atoms with Gasteiger partial charge in [0.05, 0.1) is 30.4 Å². The number of hydrogen-bond acceptors (Lipinski definition) is 8. The minimum atomic E-state index is -1.51. The molecule has 0 bridgehead atoms. The molecule has 3 rings (SSSR count). The molecule has 34 heavy (non-hydrogen) atoms. The molecular formula is C25H30N2O7. The van der Waals surface area contributed by atoms with Crippen LogP contribution in [0.15, 0.2) is 48.5 Å². The van der Waals surface area contributed by atoms with E-state index in [4.69, 9.17) is 14.2 Å². The number of anilines is 1. The van der Waals surface area contributed by atoms with Crippen molar-refractivity contribution >= 4 is 23.3 Å². The summed E-state index contributed by atoms with van der Waals surface area (Å²) in [5.41, 5.74) is 0.0505. The topological polar surface area (TPSA) is 108 Å². The number of rotatable bonds is 10. The van der Waals surface area contributed by atoms with Crippen molar-refractivity contribution in [2.45, 2.75) is 46.3 Å². The van der Waals surface area contributed by atoms with Crippen LogP contribution >= 0.6 is 0 Å². The Labute approximate surface area is 198 Å². The van der Waals surface area contributed by atoms with Gasteiger partial charge in [-0.05, 0) is 31.9 Å². The molecule has 9 nitrogen and oxygen atoms in total. The van der Waals surface area contributed by atoms with Gasteiger partial charge in [-0.2, -0.15) is 0 Å². The number of nitro benzene ring substituents is 1. The Kier molecular flexibility index (Phi) is 8.09. The summed E-state index contributed by atoms with van der Waals surface area (Å²) in [6.45, 7) is 6.19. The molecule has 0 aromatic heterocycles. The Balaban J connectivity index is 1.97. The molecule has 0 fully saturated rings. The van der Waals surface area contributed by atoms with Crippen LogP contribution in [0.1, 0.15) is 39.2 Å². The van der Waals surface area contributed by atoms with Gasteiger partial charge < -0.3 is 19.1 Å². The molecule has 2 aromatic rings. The van der Waals surface area contributed by atoms with Gasteiger partial charge in [0, 0.05) is 25.1 Å². The number of non-ortho nitro benzene ring substituents is 1. The Hall–Kier alpha value is -3.62. The number of carbonyl (C=O) groups excluding carboxylic acids is 2. The molecule has 0 amide bonds. The van der Waals surface area contributed by atoms with Crippen LogP contribution in [0, 0.1) is 15.5 Å². The van der Waals surface area contributed by atoms with Crippen molar-refractivity contribution in [3.8, 4) is 5.75 Å². The van der Waals surface area contributed by atoms with E-state index in [1.165, 1.54) is 12.1 Å². The van der Waals surface area contributed by atoms with Crippen LogP contribution in [0.25, 0.3) is 0 Å². The largest absolute Gasteiger partial charge is 0.486 e. The fraction of sp³-hybridized carbons (Fsp3) is 0.440. The number of hydrogen-bond donors (Lipinski definition) is 0. The number of carbonyl (C=O) groups is 2. The van der Waals surface area contributed by atoms with Gasteiger partial charge in [0.25, 0.3) is 5.69 Å². The fourth-order valence-corrected chi connectivity index (χ4v) is 4.20. The zero-order chi connectivity index (χ0) is 24.7. The first-order valence-corrected chi connectivity index (χ1v) is 11.4. The van der Waals surface area contributed by atoms with Crippen LogP contribution in [0.3, 0.4) is 0 Å². The second kappa shape index (κ2) is 11.0. The number of nitrogens with zero attached hydrogens (tertiary/aromatic N) is 2. The normalized spacial score (nSPS) is 15.1. The highest BCUT2D eigenvalue weighted by Gasteiger charge is 2.50. The standard InChI is InChI=1S/C25H30N2O7/c1-4-25(23(28)32-5-2,24(29)33-6-3)15-20-17-26(16-18-10-8-7-9-11-18)21-14-19(27(30)31)12-13-22(21)34-20/h7-14,20H,4-6,15-17H2,1-3H3/t20-/m0/s1. The lowest BCUT2D eigenvalue weighted by molar-refractivity contribution is -0.384. The van der Waals surface area contributed by atoms with Crippen LogP contribution in [0.5, 0.6) is 5.75 Å². The van der Waals surface area contributed by atoms with E-state index in [-0.39, 0.29) is 31.7 Å². The predicted molar refractivity (Wildman–Crippen MR) is 126 cm³/mol.